The Labute approximate surface area is 125 Å². The maximum Gasteiger partial charge on any atom is 0.161 e. The molecule has 7 nitrogen and oxygen atoms in total. The van der Waals surface area contributed by atoms with Crippen LogP contribution in [0.3, 0.4) is 0 Å². The van der Waals surface area contributed by atoms with Crippen LogP contribution in [-0.4, -0.2) is 42.8 Å². The minimum absolute atomic E-state index is 0.199. The van der Waals surface area contributed by atoms with Gasteiger partial charge >= 0.3 is 0 Å². The van der Waals surface area contributed by atoms with Gasteiger partial charge in [-0.2, -0.15) is 5.10 Å². The molecular formula is C14H26N4O3. The number of nitrogens with two attached hydrogens (primary N) is 1. The van der Waals surface area contributed by atoms with Crippen molar-refractivity contribution in [3.63, 3.8) is 0 Å². The summed E-state index contributed by atoms with van der Waals surface area (Å²) in [6.45, 7) is 4.25. The molecule has 0 amide bonds. The van der Waals surface area contributed by atoms with Crippen LogP contribution in [-0.2, 0) is 16.0 Å². The number of hydrazine groups is 1. The second-order valence-corrected chi connectivity index (χ2v) is 5.30. The van der Waals surface area contributed by atoms with Gasteiger partial charge in [0.05, 0.1) is 24.9 Å². The molecule has 3 N–H and O–H groups in total. The lowest BCUT2D eigenvalue weighted by atomic mass is 9.84. The Balaban J connectivity index is 2.41. The van der Waals surface area contributed by atoms with E-state index >= 15 is 0 Å². The predicted octanol–water partition coefficient (Wildman–Crippen LogP) is 1.00. The second kappa shape index (κ2) is 7.22. The summed E-state index contributed by atoms with van der Waals surface area (Å²) in [6.07, 6.45) is 4.27. The van der Waals surface area contributed by atoms with Gasteiger partial charge in [-0.1, -0.05) is 6.92 Å². The van der Waals surface area contributed by atoms with Crippen LogP contribution < -0.4 is 16.0 Å². The number of hydrogen-bond donors (Lipinski definition) is 2. The molecule has 1 unspecified atom stereocenters. The minimum Gasteiger partial charge on any atom is -0.493 e. The third kappa shape index (κ3) is 3.06. The van der Waals surface area contributed by atoms with Crippen LogP contribution in [0.15, 0.2) is 6.20 Å². The van der Waals surface area contributed by atoms with Crippen molar-refractivity contribution >= 4 is 0 Å². The van der Waals surface area contributed by atoms with E-state index in [0.717, 1.165) is 37.3 Å². The van der Waals surface area contributed by atoms with Gasteiger partial charge < -0.3 is 14.2 Å². The van der Waals surface area contributed by atoms with E-state index in [1.807, 2.05) is 4.68 Å². The van der Waals surface area contributed by atoms with Crippen LogP contribution in [0, 0.1) is 0 Å². The van der Waals surface area contributed by atoms with Crippen LogP contribution in [0.4, 0.5) is 0 Å². The molecule has 0 aliphatic carbocycles. The molecule has 0 saturated carbocycles. The average Bonchev–Trinajstić information content (AvgIpc) is 2.92. The van der Waals surface area contributed by atoms with Crippen molar-refractivity contribution in [1.29, 1.82) is 0 Å². The summed E-state index contributed by atoms with van der Waals surface area (Å²) in [7, 11) is 3.37. The Kier molecular flexibility index (Phi) is 5.58. The zero-order valence-electron chi connectivity index (χ0n) is 13.1. The van der Waals surface area contributed by atoms with E-state index in [9.17, 15) is 0 Å². The van der Waals surface area contributed by atoms with E-state index in [1.54, 1.807) is 20.4 Å². The molecule has 0 radical (unpaired) electrons. The van der Waals surface area contributed by atoms with Gasteiger partial charge in [0.25, 0.3) is 0 Å². The van der Waals surface area contributed by atoms with Gasteiger partial charge in [0.15, 0.2) is 5.75 Å². The van der Waals surface area contributed by atoms with Crippen molar-refractivity contribution in [1.82, 2.24) is 15.2 Å². The van der Waals surface area contributed by atoms with E-state index in [0.29, 0.717) is 13.2 Å². The maximum atomic E-state index is 5.88. The Morgan fingerprint density at radius 1 is 1.48 bits per heavy atom. The number of methoxy groups -OCH3 is 2. The first-order valence-corrected chi connectivity index (χ1v) is 7.41. The lowest BCUT2D eigenvalue weighted by molar-refractivity contribution is -0.113. The number of nitrogens with one attached hydrogen (secondary N) is 1. The maximum absolute atomic E-state index is 5.88. The fraction of sp³-hybridized carbons (Fsp3) is 0.786. The molecule has 2 heterocycles. The lowest BCUT2D eigenvalue weighted by Crippen LogP contribution is -2.52. The van der Waals surface area contributed by atoms with Crippen molar-refractivity contribution in [2.45, 2.75) is 44.4 Å². The smallest absolute Gasteiger partial charge is 0.161 e. The SMILES string of the molecule is CCCn1ncc(OC)c1C(NN)C1(OC)CCOCC1. The van der Waals surface area contributed by atoms with Gasteiger partial charge in [-0.05, 0) is 6.42 Å². The monoisotopic (exact) mass is 298 g/mol. The number of ether oxygens (including phenoxy) is 3. The Morgan fingerprint density at radius 3 is 2.71 bits per heavy atom. The summed E-state index contributed by atoms with van der Waals surface area (Å²) in [5.41, 5.74) is 3.44. The highest BCUT2D eigenvalue weighted by molar-refractivity contribution is 5.31. The van der Waals surface area contributed by atoms with Crippen molar-refractivity contribution in [3.8, 4) is 5.75 Å². The van der Waals surface area contributed by atoms with E-state index in [2.05, 4.69) is 17.4 Å². The van der Waals surface area contributed by atoms with Gasteiger partial charge in [-0.3, -0.25) is 10.5 Å². The fourth-order valence-corrected chi connectivity index (χ4v) is 3.02. The average molecular weight is 298 g/mol. The Hall–Kier alpha value is -1.15. The van der Waals surface area contributed by atoms with Gasteiger partial charge in [0, 0.05) is 39.7 Å². The summed E-state index contributed by atoms with van der Waals surface area (Å²) < 4.78 is 18.8. The van der Waals surface area contributed by atoms with Gasteiger partial charge in [0.1, 0.15) is 5.69 Å². The summed E-state index contributed by atoms with van der Waals surface area (Å²) in [6, 6.07) is -0.199. The zero-order chi connectivity index (χ0) is 15.3. The molecule has 0 aromatic carbocycles. The minimum atomic E-state index is -0.411. The van der Waals surface area contributed by atoms with Crippen LogP contribution >= 0.6 is 0 Å². The van der Waals surface area contributed by atoms with E-state index < -0.39 is 5.60 Å². The highest BCUT2D eigenvalue weighted by atomic mass is 16.5. The molecule has 1 fully saturated rings. The van der Waals surface area contributed by atoms with Crippen LogP contribution in [0.2, 0.25) is 0 Å². The third-order valence-corrected chi connectivity index (χ3v) is 4.21. The molecule has 7 heteroatoms. The number of hydrogen-bond acceptors (Lipinski definition) is 6. The molecular weight excluding hydrogens is 272 g/mol. The zero-order valence-corrected chi connectivity index (χ0v) is 13.1. The number of aryl methyl sites for hydroxylation is 1. The highest BCUT2D eigenvalue weighted by Gasteiger charge is 2.44. The normalized spacial score (nSPS) is 19.4. The summed E-state index contributed by atoms with van der Waals surface area (Å²) in [5.74, 6) is 6.61. The van der Waals surface area contributed by atoms with Crippen LogP contribution in [0.1, 0.15) is 37.9 Å². The number of rotatable bonds is 7. The Bertz CT molecular complexity index is 443. The molecule has 1 aliphatic heterocycles. The molecule has 1 atom stereocenters. The van der Waals surface area contributed by atoms with Crippen molar-refractivity contribution in [2.75, 3.05) is 27.4 Å². The van der Waals surface area contributed by atoms with E-state index in [1.165, 1.54) is 0 Å². The summed E-state index contributed by atoms with van der Waals surface area (Å²) in [5, 5.41) is 4.42. The summed E-state index contributed by atoms with van der Waals surface area (Å²) >= 11 is 0. The van der Waals surface area contributed by atoms with Crippen LogP contribution in [0.5, 0.6) is 5.75 Å². The first-order valence-electron chi connectivity index (χ1n) is 7.41. The van der Waals surface area contributed by atoms with Gasteiger partial charge in [0.2, 0.25) is 0 Å². The molecule has 2 rings (SSSR count). The molecule has 0 spiro atoms. The van der Waals surface area contributed by atoms with Crippen molar-refractivity contribution in [3.05, 3.63) is 11.9 Å². The fourth-order valence-electron chi connectivity index (χ4n) is 3.02. The molecule has 21 heavy (non-hydrogen) atoms. The molecule has 1 aliphatic rings. The summed E-state index contributed by atoms with van der Waals surface area (Å²) in [4.78, 5) is 0. The molecule has 1 saturated heterocycles. The number of aromatic nitrogens is 2. The Morgan fingerprint density at radius 2 is 2.19 bits per heavy atom. The molecule has 1 aromatic rings. The van der Waals surface area contributed by atoms with E-state index in [4.69, 9.17) is 20.1 Å². The topological polar surface area (TPSA) is 83.6 Å². The van der Waals surface area contributed by atoms with Crippen molar-refractivity contribution < 1.29 is 14.2 Å². The third-order valence-electron chi connectivity index (χ3n) is 4.21. The van der Waals surface area contributed by atoms with Gasteiger partial charge in [-0.25, -0.2) is 5.43 Å². The molecule has 1 aromatic heterocycles. The highest BCUT2D eigenvalue weighted by Crippen LogP contribution is 2.40. The van der Waals surface area contributed by atoms with E-state index in [-0.39, 0.29) is 6.04 Å². The predicted molar refractivity (Wildman–Crippen MR) is 78.9 cm³/mol. The molecule has 0 bridgehead atoms. The number of nitrogens with zero attached hydrogens (tertiary/aromatic N) is 2. The largest absolute Gasteiger partial charge is 0.493 e. The standard InChI is InChI=1S/C14H26N4O3/c1-4-7-18-12(11(19-2)10-16-18)13(17-15)14(20-3)5-8-21-9-6-14/h10,13,17H,4-9,15H2,1-3H3. The van der Waals surface area contributed by atoms with Crippen molar-refractivity contribution in [2.24, 2.45) is 5.84 Å². The lowest BCUT2D eigenvalue weighted by Gasteiger charge is -2.42. The first kappa shape index (κ1) is 16.2. The first-order chi connectivity index (χ1) is 10.2. The molecule has 120 valence electrons. The second-order valence-electron chi connectivity index (χ2n) is 5.30. The van der Waals surface area contributed by atoms with Crippen LogP contribution in [0.25, 0.3) is 0 Å². The van der Waals surface area contributed by atoms with Gasteiger partial charge in [-0.15, -0.1) is 0 Å². The quantitative estimate of drug-likeness (QED) is 0.577.